The molecule has 0 saturated carbocycles. The molecule has 0 radical (unpaired) electrons. The highest BCUT2D eigenvalue weighted by Gasteiger charge is 2.28. The van der Waals surface area contributed by atoms with Crippen molar-refractivity contribution in [3.8, 4) is 0 Å². The van der Waals surface area contributed by atoms with Gasteiger partial charge < -0.3 is 5.32 Å². The maximum absolute atomic E-state index is 13.0. The zero-order valence-corrected chi connectivity index (χ0v) is 17.9. The molecule has 28 heavy (non-hydrogen) atoms. The molecule has 1 atom stereocenters. The number of amides is 1. The molecule has 1 aromatic carbocycles. The van der Waals surface area contributed by atoms with Crippen molar-refractivity contribution in [1.29, 1.82) is 0 Å². The number of carbonyl (C=O) groups excluding carboxylic acids is 1. The molecular formula is C22H26BN3OS. The van der Waals surface area contributed by atoms with Gasteiger partial charge in [0.1, 0.15) is 7.85 Å². The van der Waals surface area contributed by atoms with Crippen molar-refractivity contribution < 1.29 is 4.79 Å². The number of nitrogens with one attached hydrogen (secondary N) is 1. The molecule has 0 spiro atoms. The minimum Gasteiger partial charge on any atom is -0.345 e. The Bertz CT molecular complexity index is 992. The molecule has 6 heteroatoms. The Hall–Kier alpha value is -2.34. The van der Waals surface area contributed by atoms with Gasteiger partial charge in [-0.15, -0.1) is 0 Å². The molecule has 1 amide bonds. The van der Waals surface area contributed by atoms with Crippen LogP contribution >= 0.6 is 11.8 Å². The third-order valence-corrected chi connectivity index (χ3v) is 5.86. The van der Waals surface area contributed by atoms with E-state index in [1.807, 2.05) is 52.3 Å². The van der Waals surface area contributed by atoms with Crippen LogP contribution in [-0.2, 0) is 16.8 Å². The van der Waals surface area contributed by atoms with E-state index in [1.165, 1.54) is 0 Å². The fourth-order valence-corrected chi connectivity index (χ4v) is 4.05. The van der Waals surface area contributed by atoms with Crippen LogP contribution in [0, 0.1) is 6.92 Å². The third kappa shape index (κ3) is 4.55. The van der Waals surface area contributed by atoms with Crippen LogP contribution in [0.3, 0.4) is 0 Å². The summed E-state index contributed by atoms with van der Waals surface area (Å²) in [5.41, 5.74) is 4.79. The van der Waals surface area contributed by atoms with E-state index in [2.05, 4.69) is 40.4 Å². The minimum atomic E-state index is -0.521. The molecule has 3 rings (SSSR count). The number of carbonyl (C=O) groups is 1. The number of hydrogen-bond donors (Lipinski definition) is 1. The molecular weight excluding hydrogens is 365 g/mol. The van der Waals surface area contributed by atoms with E-state index >= 15 is 0 Å². The average molecular weight is 391 g/mol. The normalized spacial score (nSPS) is 12.7. The number of rotatable bonds is 6. The van der Waals surface area contributed by atoms with Crippen LogP contribution in [0.25, 0.3) is 10.9 Å². The number of benzene rings is 1. The van der Waals surface area contributed by atoms with Crippen LogP contribution in [0.5, 0.6) is 0 Å². The number of aryl methyl sites for hydroxylation is 1. The van der Waals surface area contributed by atoms with Crippen molar-refractivity contribution >= 4 is 41.9 Å². The lowest BCUT2D eigenvalue weighted by molar-refractivity contribution is -0.122. The first-order valence-corrected chi connectivity index (χ1v) is 10.7. The lowest BCUT2D eigenvalue weighted by Crippen LogP contribution is -2.46. The van der Waals surface area contributed by atoms with Gasteiger partial charge in [-0.1, -0.05) is 23.7 Å². The fraction of sp³-hybridized carbons (Fsp3) is 0.318. The fourth-order valence-electron chi connectivity index (χ4n) is 3.42. The van der Waals surface area contributed by atoms with Crippen molar-refractivity contribution in [2.45, 2.75) is 38.0 Å². The van der Waals surface area contributed by atoms with E-state index in [0.717, 1.165) is 33.2 Å². The molecule has 0 aliphatic carbocycles. The number of nitrogens with zero attached hydrogens (tertiary/aromatic N) is 2. The SMILES string of the molecule is Bc1cnc2c(C)cc(CC(SC)C(=O)NC(C)(C)c3ccccn3)cc2c1. The van der Waals surface area contributed by atoms with Crippen molar-refractivity contribution in [2.24, 2.45) is 0 Å². The summed E-state index contributed by atoms with van der Waals surface area (Å²) in [6.07, 6.45) is 6.31. The summed E-state index contributed by atoms with van der Waals surface area (Å²) in [6.45, 7) is 6.05. The summed E-state index contributed by atoms with van der Waals surface area (Å²) < 4.78 is 0. The van der Waals surface area contributed by atoms with Gasteiger partial charge in [-0.3, -0.25) is 14.8 Å². The van der Waals surface area contributed by atoms with Gasteiger partial charge >= 0.3 is 0 Å². The van der Waals surface area contributed by atoms with E-state index in [1.54, 1.807) is 18.0 Å². The van der Waals surface area contributed by atoms with E-state index in [4.69, 9.17) is 0 Å². The zero-order chi connectivity index (χ0) is 20.3. The van der Waals surface area contributed by atoms with Crippen LogP contribution in [0.1, 0.15) is 30.7 Å². The molecule has 0 bridgehead atoms. The topological polar surface area (TPSA) is 54.9 Å². The van der Waals surface area contributed by atoms with Gasteiger partial charge in [-0.05, 0) is 62.8 Å². The Morgan fingerprint density at radius 2 is 2.04 bits per heavy atom. The standard InChI is InChI=1S/C22H26BN3OS/c1-14-9-15(10-16-12-17(23)13-25-20(14)16)11-18(28-4)21(27)26-22(2,3)19-7-5-6-8-24-19/h5-10,12-13,18H,11,23H2,1-4H3,(H,26,27). The quantitative estimate of drug-likeness (QED) is 0.657. The van der Waals surface area contributed by atoms with Crippen LogP contribution in [0.2, 0.25) is 0 Å². The van der Waals surface area contributed by atoms with E-state index in [0.29, 0.717) is 6.42 Å². The van der Waals surface area contributed by atoms with Crippen molar-refractivity contribution in [1.82, 2.24) is 15.3 Å². The third-order valence-electron chi connectivity index (χ3n) is 4.91. The largest absolute Gasteiger partial charge is 0.345 e. The van der Waals surface area contributed by atoms with Crippen LogP contribution in [0.15, 0.2) is 48.8 Å². The minimum absolute atomic E-state index is 0.0308. The van der Waals surface area contributed by atoms with Crippen molar-refractivity contribution in [3.05, 3.63) is 65.6 Å². The zero-order valence-electron chi connectivity index (χ0n) is 17.1. The monoisotopic (exact) mass is 391 g/mol. The van der Waals surface area contributed by atoms with Gasteiger partial charge in [0, 0.05) is 17.8 Å². The number of pyridine rings is 2. The van der Waals surface area contributed by atoms with E-state index in [9.17, 15) is 4.79 Å². The Kier molecular flexibility index (Phi) is 6.09. The van der Waals surface area contributed by atoms with E-state index in [-0.39, 0.29) is 11.2 Å². The molecule has 0 saturated heterocycles. The molecule has 144 valence electrons. The van der Waals surface area contributed by atoms with Gasteiger partial charge in [0.15, 0.2) is 0 Å². The maximum atomic E-state index is 13.0. The summed E-state index contributed by atoms with van der Waals surface area (Å²) >= 11 is 1.58. The molecule has 0 aliphatic rings. The number of fused-ring (bicyclic) bond motifs is 1. The lowest BCUT2D eigenvalue weighted by atomic mass is 9.94. The highest BCUT2D eigenvalue weighted by Crippen LogP contribution is 2.23. The van der Waals surface area contributed by atoms with Crippen molar-refractivity contribution in [3.63, 3.8) is 0 Å². The van der Waals surface area contributed by atoms with Crippen LogP contribution < -0.4 is 10.8 Å². The molecule has 4 nitrogen and oxygen atoms in total. The van der Waals surface area contributed by atoms with Gasteiger partial charge in [0.2, 0.25) is 5.91 Å². The number of hydrogen-bond acceptors (Lipinski definition) is 4. The summed E-state index contributed by atoms with van der Waals surface area (Å²) in [6, 6.07) is 12.2. The van der Waals surface area contributed by atoms with Gasteiger partial charge in [-0.25, -0.2) is 0 Å². The molecule has 3 aromatic rings. The molecule has 2 heterocycles. The summed E-state index contributed by atoms with van der Waals surface area (Å²) in [5, 5.41) is 4.13. The predicted octanol–water partition coefficient (Wildman–Crippen LogP) is 2.52. The molecule has 2 aromatic heterocycles. The molecule has 1 unspecified atom stereocenters. The highest BCUT2D eigenvalue weighted by atomic mass is 32.2. The predicted molar refractivity (Wildman–Crippen MR) is 121 cm³/mol. The molecule has 0 fully saturated rings. The first-order chi connectivity index (χ1) is 13.3. The Labute approximate surface area is 172 Å². The van der Waals surface area contributed by atoms with E-state index < -0.39 is 5.54 Å². The molecule has 1 N–H and O–H groups in total. The number of aromatic nitrogens is 2. The second-order valence-corrected chi connectivity index (χ2v) is 8.80. The van der Waals surface area contributed by atoms with Gasteiger partial charge in [-0.2, -0.15) is 11.8 Å². The Morgan fingerprint density at radius 3 is 2.71 bits per heavy atom. The summed E-state index contributed by atoms with van der Waals surface area (Å²) in [7, 11) is 2.05. The number of thioether (sulfide) groups is 1. The summed E-state index contributed by atoms with van der Waals surface area (Å²) in [5.74, 6) is 0.0308. The second kappa shape index (κ2) is 8.35. The van der Waals surface area contributed by atoms with Gasteiger partial charge in [0.25, 0.3) is 0 Å². The van der Waals surface area contributed by atoms with Crippen molar-refractivity contribution in [2.75, 3.05) is 6.26 Å². The second-order valence-electron chi connectivity index (χ2n) is 7.75. The smallest absolute Gasteiger partial charge is 0.234 e. The summed E-state index contributed by atoms with van der Waals surface area (Å²) in [4.78, 5) is 21.9. The highest BCUT2D eigenvalue weighted by molar-refractivity contribution is 7.99. The Balaban J connectivity index is 1.80. The first kappa shape index (κ1) is 20.4. The van der Waals surface area contributed by atoms with Gasteiger partial charge in [0.05, 0.1) is 22.0 Å². The van der Waals surface area contributed by atoms with Crippen LogP contribution in [-0.4, -0.2) is 35.2 Å². The molecule has 0 aliphatic heterocycles. The average Bonchev–Trinajstić information content (AvgIpc) is 2.66. The first-order valence-electron chi connectivity index (χ1n) is 9.42. The Morgan fingerprint density at radius 1 is 1.25 bits per heavy atom. The lowest BCUT2D eigenvalue weighted by Gasteiger charge is -2.28. The van der Waals surface area contributed by atoms with Crippen LogP contribution in [0.4, 0.5) is 0 Å². The maximum Gasteiger partial charge on any atom is 0.234 e.